The standard InChI is InChI=1S/C15H25NO4/c1-11(2)13(18)9-16-8-12(17)10-20-15-7-5-4-6-14(15)19-3/h4-7,11-13,16-18H,8-10H2,1-3H3. The Labute approximate surface area is 120 Å². The zero-order valence-corrected chi connectivity index (χ0v) is 12.4. The van der Waals surface area contributed by atoms with E-state index in [0.717, 1.165) is 0 Å². The average molecular weight is 283 g/mol. The Bertz CT molecular complexity index is 384. The first-order valence-electron chi connectivity index (χ1n) is 6.87. The maximum atomic E-state index is 9.82. The molecule has 0 saturated heterocycles. The van der Waals surface area contributed by atoms with Crippen molar-refractivity contribution in [3.8, 4) is 11.5 Å². The van der Waals surface area contributed by atoms with Crippen molar-refractivity contribution >= 4 is 0 Å². The molecule has 0 heterocycles. The van der Waals surface area contributed by atoms with E-state index in [1.807, 2.05) is 26.0 Å². The summed E-state index contributed by atoms with van der Waals surface area (Å²) in [5.41, 5.74) is 0. The minimum atomic E-state index is -0.640. The largest absolute Gasteiger partial charge is 0.493 e. The number of aliphatic hydroxyl groups excluding tert-OH is 2. The van der Waals surface area contributed by atoms with Crippen LogP contribution in [0.1, 0.15) is 13.8 Å². The molecule has 0 aromatic heterocycles. The first kappa shape index (κ1) is 16.8. The van der Waals surface area contributed by atoms with Crippen LogP contribution in [0.2, 0.25) is 0 Å². The van der Waals surface area contributed by atoms with Gasteiger partial charge in [0.15, 0.2) is 11.5 Å². The second kappa shape index (κ2) is 8.79. The van der Waals surface area contributed by atoms with Gasteiger partial charge in [0.05, 0.1) is 13.2 Å². The first-order valence-corrected chi connectivity index (χ1v) is 6.87. The fraction of sp³-hybridized carbons (Fsp3) is 0.600. The van der Waals surface area contributed by atoms with Gasteiger partial charge in [-0.3, -0.25) is 0 Å². The number of hydrogen-bond acceptors (Lipinski definition) is 5. The number of hydrogen-bond donors (Lipinski definition) is 3. The van der Waals surface area contributed by atoms with Crippen molar-refractivity contribution in [2.24, 2.45) is 5.92 Å². The van der Waals surface area contributed by atoms with Crippen LogP contribution < -0.4 is 14.8 Å². The SMILES string of the molecule is COc1ccccc1OCC(O)CNCC(O)C(C)C. The van der Waals surface area contributed by atoms with Gasteiger partial charge in [0.2, 0.25) is 0 Å². The minimum Gasteiger partial charge on any atom is -0.493 e. The van der Waals surface area contributed by atoms with Gasteiger partial charge in [-0.15, -0.1) is 0 Å². The fourth-order valence-corrected chi connectivity index (χ4v) is 1.62. The predicted molar refractivity (Wildman–Crippen MR) is 78.2 cm³/mol. The summed E-state index contributed by atoms with van der Waals surface area (Å²) >= 11 is 0. The van der Waals surface area contributed by atoms with E-state index >= 15 is 0 Å². The monoisotopic (exact) mass is 283 g/mol. The molecule has 0 fully saturated rings. The highest BCUT2D eigenvalue weighted by Gasteiger charge is 2.11. The van der Waals surface area contributed by atoms with Crippen LogP contribution in [0.3, 0.4) is 0 Å². The van der Waals surface area contributed by atoms with Crippen molar-refractivity contribution in [2.45, 2.75) is 26.1 Å². The lowest BCUT2D eigenvalue weighted by Gasteiger charge is -2.18. The number of aliphatic hydroxyl groups is 2. The molecule has 0 aliphatic rings. The van der Waals surface area contributed by atoms with Gasteiger partial charge in [-0.1, -0.05) is 26.0 Å². The molecular weight excluding hydrogens is 258 g/mol. The lowest BCUT2D eigenvalue weighted by molar-refractivity contribution is 0.0899. The minimum absolute atomic E-state index is 0.172. The molecule has 0 spiro atoms. The molecule has 0 saturated carbocycles. The fourth-order valence-electron chi connectivity index (χ4n) is 1.62. The van der Waals surface area contributed by atoms with Gasteiger partial charge in [0.1, 0.15) is 12.7 Å². The third kappa shape index (κ3) is 5.77. The van der Waals surface area contributed by atoms with Crippen molar-refractivity contribution in [1.29, 1.82) is 0 Å². The Morgan fingerprint density at radius 2 is 1.75 bits per heavy atom. The predicted octanol–water partition coefficient (Wildman–Crippen LogP) is 1.04. The summed E-state index contributed by atoms with van der Waals surface area (Å²) in [6.07, 6.45) is -1.04. The molecule has 2 unspecified atom stereocenters. The van der Waals surface area contributed by atoms with Gasteiger partial charge in [0.25, 0.3) is 0 Å². The molecule has 0 aliphatic heterocycles. The van der Waals surface area contributed by atoms with Crippen LogP contribution in [0.5, 0.6) is 11.5 Å². The van der Waals surface area contributed by atoms with E-state index in [4.69, 9.17) is 9.47 Å². The number of para-hydroxylation sites is 2. The molecule has 0 bridgehead atoms. The number of benzene rings is 1. The van der Waals surface area contributed by atoms with E-state index < -0.39 is 12.2 Å². The quantitative estimate of drug-likeness (QED) is 0.632. The summed E-state index contributed by atoms with van der Waals surface area (Å²) < 4.78 is 10.7. The van der Waals surface area contributed by atoms with E-state index in [2.05, 4.69) is 5.32 Å². The summed E-state index contributed by atoms with van der Waals surface area (Å²) in [5.74, 6) is 1.45. The summed E-state index contributed by atoms with van der Waals surface area (Å²) in [6.45, 7) is 4.91. The molecular formula is C15H25NO4. The van der Waals surface area contributed by atoms with Gasteiger partial charge < -0.3 is 25.0 Å². The van der Waals surface area contributed by atoms with Crippen LogP contribution >= 0.6 is 0 Å². The molecule has 2 atom stereocenters. The maximum absolute atomic E-state index is 9.82. The first-order chi connectivity index (χ1) is 9.54. The molecule has 1 aromatic rings. The van der Waals surface area contributed by atoms with E-state index in [1.54, 1.807) is 19.2 Å². The second-order valence-corrected chi connectivity index (χ2v) is 5.09. The van der Waals surface area contributed by atoms with Crippen LogP contribution in [0.4, 0.5) is 0 Å². The van der Waals surface area contributed by atoms with E-state index in [0.29, 0.717) is 24.6 Å². The summed E-state index contributed by atoms with van der Waals surface area (Å²) in [4.78, 5) is 0. The third-order valence-corrected chi connectivity index (χ3v) is 3.00. The van der Waals surface area contributed by atoms with Gasteiger partial charge in [-0.2, -0.15) is 0 Å². The summed E-state index contributed by atoms with van der Waals surface area (Å²) in [7, 11) is 1.58. The molecule has 1 rings (SSSR count). The Kier molecular flexibility index (Phi) is 7.36. The topological polar surface area (TPSA) is 71.0 Å². The second-order valence-electron chi connectivity index (χ2n) is 5.09. The Balaban J connectivity index is 2.27. The van der Waals surface area contributed by atoms with Gasteiger partial charge in [0, 0.05) is 13.1 Å². The van der Waals surface area contributed by atoms with E-state index in [-0.39, 0.29) is 12.5 Å². The van der Waals surface area contributed by atoms with Gasteiger partial charge >= 0.3 is 0 Å². The van der Waals surface area contributed by atoms with Crippen LogP contribution in [-0.2, 0) is 0 Å². The summed E-state index contributed by atoms with van der Waals surface area (Å²) in [5, 5.41) is 22.5. The lowest BCUT2D eigenvalue weighted by atomic mass is 10.1. The zero-order chi connectivity index (χ0) is 15.0. The molecule has 5 heteroatoms. The van der Waals surface area contributed by atoms with Crippen molar-refractivity contribution in [1.82, 2.24) is 5.32 Å². The highest BCUT2D eigenvalue weighted by Crippen LogP contribution is 2.25. The Morgan fingerprint density at radius 3 is 2.35 bits per heavy atom. The molecule has 5 nitrogen and oxygen atoms in total. The molecule has 1 aromatic carbocycles. The van der Waals surface area contributed by atoms with E-state index in [9.17, 15) is 10.2 Å². The molecule has 0 radical (unpaired) electrons. The highest BCUT2D eigenvalue weighted by molar-refractivity contribution is 5.39. The lowest BCUT2D eigenvalue weighted by Crippen LogP contribution is -2.37. The van der Waals surface area contributed by atoms with Crippen molar-refractivity contribution in [3.05, 3.63) is 24.3 Å². The molecule has 3 N–H and O–H groups in total. The zero-order valence-electron chi connectivity index (χ0n) is 12.4. The van der Waals surface area contributed by atoms with Crippen LogP contribution in [0.25, 0.3) is 0 Å². The van der Waals surface area contributed by atoms with Crippen molar-refractivity contribution < 1.29 is 19.7 Å². The number of methoxy groups -OCH3 is 1. The number of rotatable bonds is 9. The Hall–Kier alpha value is -1.30. The van der Waals surface area contributed by atoms with Gasteiger partial charge in [-0.25, -0.2) is 0 Å². The molecule has 0 aliphatic carbocycles. The normalized spacial score (nSPS) is 14.1. The van der Waals surface area contributed by atoms with E-state index in [1.165, 1.54) is 0 Å². The maximum Gasteiger partial charge on any atom is 0.161 e. The molecule has 0 amide bonds. The number of nitrogens with one attached hydrogen (secondary N) is 1. The third-order valence-electron chi connectivity index (χ3n) is 3.00. The van der Waals surface area contributed by atoms with Crippen molar-refractivity contribution in [2.75, 3.05) is 26.8 Å². The Morgan fingerprint density at radius 1 is 1.10 bits per heavy atom. The molecule has 20 heavy (non-hydrogen) atoms. The van der Waals surface area contributed by atoms with Crippen LogP contribution in [0.15, 0.2) is 24.3 Å². The van der Waals surface area contributed by atoms with Gasteiger partial charge in [-0.05, 0) is 18.1 Å². The summed E-state index contributed by atoms with van der Waals surface area (Å²) in [6, 6.07) is 7.30. The number of ether oxygens (including phenoxy) is 2. The average Bonchev–Trinajstić information content (AvgIpc) is 2.45. The van der Waals surface area contributed by atoms with Crippen LogP contribution in [-0.4, -0.2) is 49.2 Å². The van der Waals surface area contributed by atoms with Crippen LogP contribution in [0, 0.1) is 5.92 Å². The molecule has 114 valence electrons. The highest BCUT2D eigenvalue weighted by atomic mass is 16.5. The smallest absolute Gasteiger partial charge is 0.161 e. The van der Waals surface area contributed by atoms with Crippen molar-refractivity contribution in [3.63, 3.8) is 0 Å².